The van der Waals surface area contributed by atoms with Crippen molar-refractivity contribution < 1.29 is 14.3 Å². The number of piperidine rings is 1. The monoisotopic (exact) mass is 427 g/mol. The Labute approximate surface area is 189 Å². The molecule has 1 saturated heterocycles. The molecule has 1 amide bonds. The predicted octanol–water partition coefficient (Wildman–Crippen LogP) is 5.11. The Morgan fingerprint density at radius 3 is 2.03 bits per heavy atom. The van der Waals surface area contributed by atoms with Gasteiger partial charge in [-0.15, -0.1) is 0 Å². The normalized spacial score (nSPS) is 18.6. The fourth-order valence-corrected chi connectivity index (χ4v) is 4.78. The van der Waals surface area contributed by atoms with Crippen LogP contribution in [0.2, 0.25) is 0 Å². The van der Waals surface area contributed by atoms with Gasteiger partial charge in [-0.1, -0.05) is 90.5 Å². The van der Waals surface area contributed by atoms with Gasteiger partial charge in [0.25, 0.3) is 0 Å². The van der Waals surface area contributed by atoms with Gasteiger partial charge in [0.2, 0.25) is 5.91 Å². The fourth-order valence-electron chi connectivity index (χ4n) is 4.78. The summed E-state index contributed by atoms with van der Waals surface area (Å²) in [5, 5.41) is 0. The van der Waals surface area contributed by atoms with Crippen LogP contribution in [0.25, 0.3) is 0 Å². The van der Waals surface area contributed by atoms with E-state index in [-0.39, 0.29) is 11.9 Å². The molecular weight excluding hydrogens is 398 g/mol. The number of hydrogen-bond acceptors (Lipinski definition) is 3. The van der Waals surface area contributed by atoms with Crippen LogP contribution in [0.4, 0.5) is 0 Å². The Morgan fingerprint density at radius 2 is 1.50 bits per heavy atom. The number of hydrogen-bond donors (Lipinski definition) is 0. The van der Waals surface area contributed by atoms with E-state index in [0.29, 0.717) is 19.4 Å². The van der Waals surface area contributed by atoms with E-state index in [1.54, 1.807) is 0 Å². The number of carbonyl (C=O) groups is 2. The van der Waals surface area contributed by atoms with Crippen molar-refractivity contribution in [3.05, 3.63) is 107 Å². The SMILES string of the molecule is COC(=O)C1(Cc2ccc(C)cc2)CCCN(C(c2ccccc2)c2ccccc2)C1=O. The number of ether oxygens (including phenoxy) is 1. The summed E-state index contributed by atoms with van der Waals surface area (Å²) >= 11 is 0. The Hall–Kier alpha value is -3.40. The summed E-state index contributed by atoms with van der Waals surface area (Å²) in [6, 6.07) is 27.8. The molecule has 0 saturated carbocycles. The van der Waals surface area contributed by atoms with Crippen molar-refractivity contribution in [3.63, 3.8) is 0 Å². The molecule has 1 atom stereocenters. The fraction of sp³-hybridized carbons (Fsp3) is 0.286. The lowest BCUT2D eigenvalue weighted by molar-refractivity contribution is -0.168. The van der Waals surface area contributed by atoms with Crippen molar-refractivity contribution in [2.75, 3.05) is 13.7 Å². The quantitative estimate of drug-likeness (QED) is 0.406. The Morgan fingerprint density at radius 1 is 0.938 bits per heavy atom. The Bertz CT molecular complexity index is 1020. The van der Waals surface area contributed by atoms with Crippen molar-refractivity contribution in [1.29, 1.82) is 0 Å². The van der Waals surface area contributed by atoms with E-state index in [0.717, 1.165) is 28.7 Å². The molecule has 4 rings (SSSR count). The van der Waals surface area contributed by atoms with Gasteiger partial charge in [-0.05, 0) is 42.9 Å². The molecular formula is C28H29NO3. The lowest BCUT2D eigenvalue weighted by Gasteiger charge is -2.43. The summed E-state index contributed by atoms with van der Waals surface area (Å²) < 4.78 is 5.21. The average molecular weight is 428 g/mol. The molecule has 3 aromatic carbocycles. The van der Waals surface area contributed by atoms with E-state index >= 15 is 0 Å². The lowest BCUT2D eigenvalue weighted by Crippen LogP contribution is -2.55. The zero-order valence-corrected chi connectivity index (χ0v) is 18.7. The first-order valence-electron chi connectivity index (χ1n) is 11.1. The first-order chi connectivity index (χ1) is 15.5. The summed E-state index contributed by atoms with van der Waals surface area (Å²) in [4.78, 5) is 29.1. The second-order valence-electron chi connectivity index (χ2n) is 8.56. The maximum absolute atomic E-state index is 14.1. The van der Waals surface area contributed by atoms with Crippen molar-refractivity contribution in [1.82, 2.24) is 4.90 Å². The minimum atomic E-state index is -1.22. The topological polar surface area (TPSA) is 46.6 Å². The van der Waals surface area contributed by atoms with E-state index in [4.69, 9.17) is 4.74 Å². The maximum Gasteiger partial charge on any atom is 0.321 e. The van der Waals surface area contributed by atoms with E-state index < -0.39 is 11.4 Å². The highest BCUT2D eigenvalue weighted by molar-refractivity contribution is 6.03. The van der Waals surface area contributed by atoms with Crippen molar-refractivity contribution in [2.45, 2.75) is 32.2 Å². The molecule has 1 fully saturated rings. The van der Waals surface area contributed by atoms with E-state index in [1.165, 1.54) is 7.11 Å². The highest BCUT2D eigenvalue weighted by atomic mass is 16.5. The molecule has 0 spiro atoms. The molecule has 0 radical (unpaired) electrons. The van der Waals surface area contributed by atoms with Gasteiger partial charge in [0.1, 0.15) is 0 Å². The van der Waals surface area contributed by atoms with Crippen LogP contribution in [-0.2, 0) is 20.7 Å². The zero-order chi connectivity index (χ0) is 22.6. The second-order valence-corrected chi connectivity index (χ2v) is 8.56. The average Bonchev–Trinajstić information content (AvgIpc) is 2.84. The number of aryl methyl sites for hydroxylation is 1. The van der Waals surface area contributed by atoms with Gasteiger partial charge in [-0.2, -0.15) is 0 Å². The molecule has 1 aliphatic rings. The van der Waals surface area contributed by atoms with Crippen molar-refractivity contribution >= 4 is 11.9 Å². The number of likely N-dealkylation sites (tertiary alicyclic amines) is 1. The molecule has 1 aliphatic heterocycles. The van der Waals surface area contributed by atoms with Crippen LogP contribution in [0.3, 0.4) is 0 Å². The minimum absolute atomic E-state index is 0.158. The molecule has 0 N–H and O–H groups in total. The molecule has 4 heteroatoms. The molecule has 0 aliphatic carbocycles. The third-order valence-electron chi connectivity index (χ3n) is 6.42. The molecule has 1 unspecified atom stereocenters. The number of esters is 1. The van der Waals surface area contributed by atoms with Crippen LogP contribution in [-0.4, -0.2) is 30.4 Å². The first-order valence-corrected chi connectivity index (χ1v) is 11.1. The maximum atomic E-state index is 14.1. The zero-order valence-electron chi connectivity index (χ0n) is 18.7. The van der Waals surface area contributed by atoms with Crippen molar-refractivity contribution in [3.8, 4) is 0 Å². The Kier molecular flexibility index (Phi) is 6.40. The number of benzene rings is 3. The van der Waals surface area contributed by atoms with E-state index in [1.807, 2.05) is 96.8 Å². The van der Waals surface area contributed by atoms with Crippen molar-refractivity contribution in [2.24, 2.45) is 5.41 Å². The summed E-state index contributed by atoms with van der Waals surface area (Å²) in [5.74, 6) is -0.610. The van der Waals surface area contributed by atoms with Crippen LogP contribution in [0.5, 0.6) is 0 Å². The molecule has 164 valence electrons. The predicted molar refractivity (Wildman–Crippen MR) is 125 cm³/mol. The van der Waals surface area contributed by atoms with Gasteiger partial charge in [0, 0.05) is 6.54 Å². The van der Waals surface area contributed by atoms with Gasteiger partial charge >= 0.3 is 5.97 Å². The summed E-state index contributed by atoms with van der Waals surface area (Å²) in [7, 11) is 1.37. The molecule has 0 aromatic heterocycles. The van der Waals surface area contributed by atoms with E-state index in [9.17, 15) is 9.59 Å². The number of carbonyl (C=O) groups excluding carboxylic acids is 2. The van der Waals surface area contributed by atoms with Crippen LogP contribution in [0, 0.1) is 12.3 Å². The highest BCUT2D eigenvalue weighted by Crippen LogP contribution is 2.41. The van der Waals surface area contributed by atoms with E-state index in [2.05, 4.69) is 0 Å². The smallest absolute Gasteiger partial charge is 0.321 e. The molecule has 0 bridgehead atoms. The third kappa shape index (κ3) is 4.18. The number of rotatable bonds is 6. The molecule has 4 nitrogen and oxygen atoms in total. The van der Waals surface area contributed by atoms with Gasteiger partial charge in [-0.25, -0.2) is 0 Å². The molecule has 32 heavy (non-hydrogen) atoms. The Balaban J connectivity index is 1.77. The lowest BCUT2D eigenvalue weighted by atomic mass is 9.73. The summed E-state index contributed by atoms with van der Waals surface area (Å²) in [6.07, 6.45) is 1.56. The van der Waals surface area contributed by atoms with Crippen LogP contribution >= 0.6 is 0 Å². The summed E-state index contributed by atoms with van der Waals surface area (Å²) in [6.45, 7) is 2.62. The highest BCUT2D eigenvalue weighted by Gasteiger charge is 2.52. The molecule has 1 heterocycles. The van der Waals surface area contributed by atoms with Crippen LogP contribution in [0.1, 0.15) is 41.1 Å². The van der Waals surface area contributed by atoms with Crippen LogP contribution < -0.4 is 0 Å². The molecule has 3 aromatic rings. The van der Waals surface area contributed by atoms with Gasteiger partial charge < -0.3 is 9.64 Å². The number of nitrogens with zero attached hydrogens (tertiary/aromatic N) is 1. The van der Waals surface area contributed by atoms with Gasteiger partial charge in [0.15, 0.2) is 5.41 Å². The number of methoxy groups -OCH3 is 1. The standard InChI is InChI=1S/C28H29NO3/c1-21-14-16-22(17-15-21)20-28(27(31)32-2)18-9-19-29(26(28)30)25(23-10-5-3-6-11-23)24-12-7-4-8-13-24/h3-8,10-17,25H,9,18-20H2,1-2H3. The van der Waals surface area contributed by atoms with Gasteiger partial charge in [0.05, 0.1) is 13.2 Å². The largest absolute Gasteiger partial charge is 0.468 e. The van der Waals surface area contributed by atoms with Crippen LogP contribution in [0.15, 0.2) is 84.9 Å². The second kappa shape index (κ2) is 9.39. The first kappa shape index (κ1) is 21.8. The third-order valence-corrected chi connectivity index (χ3v) is 6.42. The van der Waals surface area contributed by atoms with Gasteiger partial charge in [-0.3, -0.25) is 9.59 Å². The summed E-state index contributed by atoms with van der Waals surface area (Å²) in [5.41, 5.74) is 2.95. The number of amides is 1. The minimum Gasteiger partial charge on any atom is -0.468 e.